The van der Waals surface area contributed by atoms with E-state index in [9.17, 15) is 27.6 Å². The number of hydrogen-bond donors (Lipinski definition) is 3. The molecule has 1 unspecified atom stereocenters. The molecule has 1 aromatic rings. The molecule has 2 atom stereocenters. The van der Waals surface area contributed by atoms with Crippen LogP contribution >= 0.6 is 11.6 Å². The molecule has 1 saturated heterocycles. The summed E-state index contributed by atoms with van der Waals surface area (Å²) in [5.41, 5.74) is -1.21. The van der Waals surface area contributed by atoms with E-state index < -0.39 is 46.3 Å². The molecule has 0 aromatic heterocycles. The minimum Gasteiger partial charge on any atom is -0.335 e. The highest BCUT2D eigenvalue weighted by molar-refractivity contribution is 6.31. The van der Waals surface area contributed by atoms with Gasteiger partial charge in [0.25, 0.3) is 5.91 Å². The lowest BCUT2D eigenvalue weighted by Gasteiger charge is -2.29. The summed E-state index contributed by atoms with van der Waals surface area (Å²) in [4.78, 5) is 37.9. The number of carbonyl (C=O) groups is 3. The number of halogens is 4. The zero-order valence-corrected chi connectivity index (χ0v) is 16.1. The van der Waals surface area contributed by atoms with Crippen molar-refractivity contribution in [2.75, 3.05) is 6.54 Å². The molecule has 29 heavy (non-hydrogen) atoms. The van der Waals surface area contributed by atoms with Crippen molar-refractivity contribution < 1.29 is 27.6 Å². The number of benzene rings is 1. The molecule has 1 saturated carbocycles. The van der Waals surface area contributed by atoms with E-state index >= 15 is 0 Å². The van der Waals surface area contributed by atoms with Crippen molar-refractivity contribution in [2.24, 2.45) is 5.92 Å². The third-order valence-corrected chi connectivity index (χ3v) is 6.13. The lowest BCUT2D eigenvalue weighted by Crippen LogP contribution is -2.58. The third kappa shape index (κ3) is 3.29. The Labute approximate surface area is 168 Å². The molecular formula is C18H18ClF3N4O3. The third-order valence-electron chi connectivity index (χ3n) is 5.81. The van der Waals surface area contributed by atoms with Crippen LogP contribution in [0.4, 0.5) is 22.8 Å². The largest absolute Gasteiger partial charge is 0.417 e. The second-order valence-corrected chi connectivity index (χ2v) is 8.05. The van der Waals surface area contributed by atoms with E-state index in [2.05, 4.69) is 16.0 Å². The standard InChI is InChI=1S/C18H18ClF3N4O3/c1-8-11-5-12(18(20,21)22)13(19)4-9(11)6-26(8)16(29)23-7-17(10-2-3-10)14(27)24-15(28)25-17/h4-5,8,10H,2-3,6-7H2,1H3,(H,23,29)(H2,24,25,27,28)/t8?,17-/m0/s1. The van der Waals surface area contributed by atoms with Crippen LogP contribution in [0, 0.1) is 5.92 Å². The van der Waals surface area contributed by atoms with E-state index in [1.807, 2.05) is 0 Å². The molecule has 156 valence electrons. The van der Waals surface area contributed by atoms with Crippen molar-refractivity contribution in [2.45, 2.75) is 44.1 Å². The van der Waals surface area contributed by atoms with Gasteiger partial charge in [-0.3, -0.25) is 10.1 Å². The van der Waals surface area contributed by atoms with Crippen LogP contribution in [0.1, 0.15) is 42.5 Å². The van der Waals surface area contributed by atoms with Gasteiger partial charge in [-0.15, -0.1) is 0 Å². The van der Waals surface area contributed by atoms with Gasteiger partial charge in [0.15, 0.2) is 0 Å². The number of fused-ring (bicyclic) bond motifs is 1. The number of nitrogens with zero attached hydrogens (tertiary/aromatic N) is 1. The maximum atomic E-state index is 13.1. The van der Waals surface area contributed by atoms with Gasteiger partial charge in [0.05, 0.1) is 23.2 Å². The molecule has 1 aromatic carbocycles. The Morgan fingerprint density at radius 1 is 1.34 bits per heavy atom. The summed E-state index contributed by atoms with van der Waals surface area (Å²) >= 11 is 5.78. The second-order valence-electron chi connectivity index (χ2n) is 7.65. The molecule has 4 rings (SSSR count). The number of hydrogen-bond acceptors (Lipinski definition) is 3. The Bertz CT molecular complexity index is 918. The van der Waals surface area contributed by atoms with Crippen LogP contribution in [-0.4, -0.2) is 35.0 Å². The van der Waals surface area contributed by atoms with Crippen molar-refractivity contribution in [3.8, 4) is 0 Å². The minimum atomic E-state index is -4.59. The topological polar surface area (TPSA) is 90.5 Å². The number of imide groups is 1. The van der Waals surface area contributed by atoms with Crippen LogP contribution < -0.4 is 16.0 Å². The van der Waals surface area contributed by atoms with Gasteiger partial charge in [-0.1, -0.05) is 11.6 Å². The predicted molar refractivity (Wildman–Crippen MR) is 95.9 cm³/mol. The fraction of sp³-hybridized carbons (Fsp3) is 0.500. The summed E-state index contributed by atoms with van der Waals surface area (Å²) in [5.74, 6) is -0.541. The maximum absolute atomic E-state index is 13.1. The summed E-state index contributed by atoms with van der Waals surface area (Å²) < 4.78 is 39.4. The van der Waals surface area contributed by atoms with Crippen molar-refractivity contribution >= 4 is 29.6 Å². The first-order valence-electron chi connectivity index (χ1n) is 9.10. The molecule has 7 nitrogen and oxygen atoms in total. The lowest BCUT2D eigenvalue weighted by molar-refractivity contribution is -0.137. The van der Waals surface area contributed by atoms with Crippen LogP contribution in [0.5, 0.6) is 0 Å². The van der Waals surface area contributed by atoms with Gasteiger partial charge >= 0.3 is 18.2 Å². The first-order chi connectivity index (χ1) is 13.5. The Hall–Kier alpha value is -2.49. The molecule has 0 bridgehead atoms. The highest BCUT2D eigenvalue weighted by Crippen LogP contribution is 2.43. The Morgan fingerprint density at radius 2 is 2.03 bits per heavy atom. The van der Waals surface area contributed by atoms with Crippen LogP contribution in [0.15, 0.2) is 12.1 Å². The molecule has 2 fully saturated rings. The second kappa shape index (κ2) is 6.51. The molecular weight excluding hydrogens is 413 g/mol. The molecule has 0 spiro atoms. The van der Waals surface area contributed by atoms with Crippen molar-refractivity contribution in [3.63, 3.8) is 0 Å². The van der Waals surface area contributed by atoms with Crippen molar-refractivity contribution in [1.29, 1.82) is 0 Å². The molecule has 2 aliphatic heterocycles. The van der Waals surface area contributed by atoms with E-state index in [4.69, 9.17) is 11.6 Å². The van der Waals surface area contributed by atoms with E-state index in [1.165, 1.54) is 11.0 Å². The summed E-state index contributed by atoms with van der Waals surface area (Å²) in [7, 11) is 0. The fourth-order valence-corrected chi connectivity index (χ4v) is 4.36. The molecule has 11 heteroatoms. The van der Waals surface area contributed by atoms with Gasteiger partial charge in [-0.2, -0.15) is 13.2 Å². The van der Waals surface area contributed by atoms with Gasteiger partial charge < -0.3 is 15.5 Å². The number of amides is 5. The zero-order valence-electron chi connectivity index (χ0n) is 15.3. The molecule has 3 N–H and O–H groups in total. The molecule has 2 heterocycles. The Morgan fingerprint density at radius 3 is 2.59 bits per heavy atom. The van der Waals surface area contributed by atoms with Gasteiger partial charge in [0.1, 0.15) is 5.54 Å². The quantitative estimate of drug-likeness (QED) is 0.644. The van der Waals surface area contributed by atoms with E-state index in [0.717, 1.165) is 18.9 Å². The van der Waals surface area contributed by atoms with Crippen molar-refractivity contribution in [3.05, 3.63) is 33.8 Å². The number of rotatable bonds is 3. The average Bonchev–Trinajstić information content (AvgIpc) is 3.36. The van der Waals surface area contributed by atoms with Gasteiger partial charge in [-0.25, -0.2) is 9.59 Å². The summed E-state index contributed by atoms with van der Waals surface area (Å²) in [6.07, 6.45) is -3.08. The SMILES string of the molecule is CC1c2cc(C(F)(F)F)c(Cl)cc2CN1C(=O)NC[C@@]1(C2CC2)NC(=O)NC1=O. The normalized spacial score (nSPS) is 26.2. The smallest absolute Gasteiger partial charge is 0.335 e. The van der Waals surface area contributed by atoms with Crippen molar-refractivity contribution in [1.82, 2.24) is 20.9 Å². The summed E-state index contributed by atoms with van der Waals surface area (Å²) in [5, 5.41) is 7.05. The monoisotopic (exact) mass is 430 g/mol. The van der Waals surface area contributed by atoms with E-state index in [0.29, 0.717) is 11.1 Å². The van der Waals surface area contributed by atoms with E-state index in [1.54, 1.807) is 6.92 Å². The molecule has 3 aliphatic rings. The number of carbonyl (C=O) groups excluding carboxylic acids is 3. The van der Waals surface area contributed by atoms with Crippen LogP contribution in [-0.2, 0) is 17.5 Å². The maximum Gasteiger partial charge on any atom is 0.417 e. The van der Waals surface area contributed by atoms with E-state index in [-0.39, 0.29) is 19.0 Å². The van der Waals surface area contributed by atoms with Gasteiger partial charge in [0.2, 0.25) is 0 Å². The summed E-state index contributed by atoms with van der Waals surface area (Å²) in [6, 6.07) is 0.471. The Balaban J connectivity index is 1.50. The first kappa shape index (κ1) is 19.8. The Kier molecular flexibility index (Phi) is 4.45. The molecule has 0 radical (unpaired) electrons. The van der Waals surface area contributed by atoms with Crippen LogP contribution in [0.3, 0.4) is 0 Å². The predicted octanol–water partition coefficient (Wildman–Crippen LogP) is 2.93. The average molecular weight is 431 g/mol. The number of nitrogens with one attached hydrogen (secondary N) is 3. The van der Waals surface area contributed by atoms with Crippen LogP contribution in [0.25, 0.3) is 0 Å². The van der Waals surface area contributed by atoms with Gasteiger partial charge in [0, 0.05) is 6.54 Å². The number of urea groups is 2. The molecule has 5 amide bonds. The highest BCUT2D eigenvalue weighted by atomic mass is 35.5. The highest BCUT2D eigenvalue weighted by Gasteiger charge is 2.56. The fourth-order valence-electron chi connectivity index (χ4n) is 4.06. The summed E-state index contributed by atoms with van der Waals surface area (Å²) in [6.45, 7) is 1.62. The number of alkyl halides is 3. The van der Waals surface area contributed by atoms with Gasteiger partial charge in [-0.05, 0) is 48.9 Å². The zero-order chi connectivity index (χ0) is 21.1. The molecule has 1 aliphatic carbocycles. The van der Waals surface area contributed by atoms with Crippen LogP contribution in [0.2, 0.25) is 5.02 Å². The first-order valence-corrected chi connectivity index (χ1v) is 9.48. The minimum absolute atomic E-state index is 0.0596. The lowest BCUT2D eigenvalue weighted by atomic mass is 9.93.